The molecule has 0 bridgehead atoms. The Bertz CT molecular complexity index is 428. The average molecular weight is 264 g/mol. The van der Waals surface area contributed by atoms with Crippen LogP contribution in [-0.4, -0.2) is 24.4 Å². The van der Waals surface area contributed by atoms with Crippen LogP contribution in [-0.2, 0) is 4.74 Å². The summed E-state index contributed by atoms with van der Waals surface area (Å²) in [7, 11) is 0. The maximum Gasteiger partial charge on any atom is 0.170 e. The minimum absolute atomic E-state index is 0.309. The van der Waals surface area contributed by atoms with E-state index < -0.39 is 0 Å². The van der Waals surface area contributed by atoms with Crippen LogP contribution >= 0.6 is 12.2 Å². The van der Waals surface area contributed by atoms with E-state index in [1.807, 2.05) is 0 Å². The van der Waals surface area contributed by atoms with Crippen LogP contribution in [0, 0.1) is 13.8 Å². The van der Waals surface area contributed by atoms with E-state index in [1.165, 1.54) is 11.1 Å². The van der Waals surface area contributed by atoms with Crippen molar-refractivity contribution in [2.24, 2.45) is 0 Å². The molecule has 0 aromatic heterocycles. The van der Waals surface area contributed by atoms with Gasteiger partial charge in [0.25, 0.3) is 0 Å². The van der Waals surface area contributed by atoms with E-state index in [2.05, 4.69) is 42.7 Å². The smallest absolute Gasteiger partial charge is 0.170 e. The Morgan fingerprint density at radius 2 is 2.28 bits per heavy atom. The fourth-order valence-corrected chi connectivity index (χ4v) is 2.24. The Morgan fingerprint density at radius 1 is 1.44 bits per heavy atom. The normalized spacial score (nSPS) is 18.7. The van der Waals surface area contributed by atoms with E-state index >= 15 is 0 Å². The Balaban J connectivity index is 1.84. The highest BCUT2D eigenvalue weighted by Crippen LogP contribution is 2.16. The molecule has 1 aliphatic heterocycles. The summed E-state index contributed by atoms with van der Waals surface area (Å²) in [4.78, 5) is 0. The predicted octanol–water partition coefficient (Wildman–Crippen LogP) is 2.77. The van der Waals surface area contributed by atoms with Crippen LogP contribution in [0.3, 0.4) is 0 Å². The third-order valence-electron chi connectivity index (χ3n) is 3.16. The Morgan fingerprint density at radius 3 is 3.00 bits per heavy atom. The van der Waals surface area contributed by atoms with Gasteiger partial charge in [-0.2, -0.15) is 0 Å². The first-order chi connectivity index (χ1) is 8.65. The lowest BCUT2D eigenvalue weighted by atomic mass is 10.1. The fourth-order valence-electron chi connectivity index (χ4n) is 2.05. The molecule has 1 atom stereocenters. The van der Waals surface area contributed by atoms with Gasteiger partial charge in [0.15, 0.2) is 5.11 Å². The molecule has 1 saturated heterocycles. The van der Waals surface area contributed by atoms with Gasteiger partial charge in [-0.05, 0) is 56.1 Å². The molecule has 0 amide bonds. The van der Waals surface area contributed by atoms with Crippen molar-refractivity contribution in [1.29, 1.82) is 0 Å². The molecule has 0 spiro atoms. The number of ether oxygens (including phenoxy) is 1. The van der Waals surface area contributed by atoms with Crippen LogP contribution in [0.5, 0.6) is 0 Å². The van der Waals surface area contributed by atoms with Crippen molar-refractivity contribution < 1.29 is 4.74 Å². The second-order valence-corrected chi connectivity index (χ2v) is 5.20. The number of rotatable bonds is 3. The van der Waals surface area contributed by atoms with E-state index in [4.69, 9.17) is 17.0 Å². The van der Waals surface area contributed by atoms with E-state index in [0.29, 0.717) is 11.2 Å². The number of thiocarbonyl (C=S) groups is 1. The van der Waals surface area contributed by atoms with Crippen molar-refractivity contribution in [1.82, 2.24) is 5.32 Å². The molecule has 4 heteroatoms. The van der Waals surface area contributed by atoms with Crippen molar-refractivity contribution in [2.45, 2.75) is 32.8 Å². The Labute approximate surface area is 114 Å². The molecule has 0 aliphatic carbocycles. The summed E-state index contributed by atoms with van der Waals surface area (Å²) in [5, 5.41) is 7.12. The summed E-state index contributed by atoms with van der Waals surface area (Å²) in [5.41, 5.74) is 3.49. The molecule has 0 saturated carbocycles. The number of hydrogen-bond donors (Lipinski definition) is 2. The molecule has 1 aliphatic rings. The molecular formula is C14H20N2OS. The Hall–Kier alpha value is -1.13. The monoisotopic (exact) mass is 264 g/mol. The zero-order chi connectivity index (χ0) is 13.0. The van der Waals surface area contributed by atoms with Crippen LogP contribution in [0.25, 0.3) is 0 Å². The number of aryl methyl sites for hydroxylation is 2. The second-order valence-electron chi connectivity index (χ2n) is 4.79. The first-order valence-electron chi connectivity index (χ1n) is 6.39. The number of anilines is 1. The molecule has 1 heterocycles. The zero-order valence-corrected chi connectivity index (χ0v) is 11.8. The summed E-state index contributed by atoms with van der Waals surface area (Å²) < 4.78 is 5.55. The molecule has 1 fully saturated rings. The van der Waals surface area contributed by atoms with Gasteiger partial charge in [-0.1, -0.05) is 12.1 Å². The van der Waals surface area contributed by atoms with Gasteiger partial charge in [0.2, 0.25) is 0 Å². The molecule has 18 heavy (non-hydrogen) atoms. The lowest BCUT2D eigenvalue weighted by molar-refractivity contribution is 0.114. The standard InChI is InChI=1S/C14H20N2OS/c1-10-5-6-11(2)13(8-10)16-14(18)15-9-12-4-3-7-17-12/h5-6,8,12H,3-4,7,9H2,1-2H3,(H2,15,16,18). The largest absolute Gasteiger partial charge is 0.376 e. The van der Waals surface area contributed by atoms with Gasteiger partial charge >= 0.3 is 0 Å². The van der Waals surface area contributed by atoms with Gasteiger partial charge in [-0.15, -0.1) is 0 Å². The lowest BCUT2D eigenvalue weighted by Gasteiger charge is -2.15. The molecule has 2 rings (SSSR count). The summed E-state index contributed by atoms with van der Waals surface area (Å²) in [6.07, 6.45) is 2.59. The van der Waals surface area contributed by atoms with E-state index in [1.54, 1.807) is 0 Å². The molecule has 0 radical (unpaired) electrons. The van der Waals surface area contributed by atoms with E-state index in [-0.39, 0.29) is 0 Å². The molecular weight excluding hydrogens is 244 g/mol. The quantitative estimate of drug-likeness (QED) is 0.823. The molecule has 1 aromatic carbocycles. The summed E-state index contributed by atoms with van der Waals surface area (Å²) in [5.74, 6) is 0. The predicted molar refractivity (Wildman–Crippen MR) is 79.1 cm³/mol. The maximum atomic E-state index is 5.55. The van der Waals surface area contributed by atoms with Gasteiger partial charge in [0.05, 0.1) is 6.10 Å². The van der Waals surface area contributed by atoms with E-state index in [9.17, 15) is 0 Å². The third kappa shape index (κ3) is 3.68. The van der Waals surface area contributed by atoms with Crippen molar-refractivity contribution in [3.05, 3.63) is 29.3 Å². The second kappa shape index (κ2) is 6.16. The molecule has 1 aromatic rings. The van der Waals surface area contributed by atoms with Crippen LogP contribution in [0.1, 0.15) is 24.0 Å². The van der Waals surface area contributed by atoms with Crippen LogP contribution in [0.15, 0.2) is 18.2 Å². The first-order valence-corrected chi connectivity index (χ1v) is 6.79. The van der Waals surface area contributed by atoms with E-state index in [0.717, 1.165) is 31.7 Å². The van der Waals surface area contributed by atoms with Gasteiger partial charge in [-0.3, -0.25) is 0 Å². The number of hydrogen-bond acceptors (Lipinski definition) is 2. The summed E-state index contributed by atoms with van der Waals surface area (Å²) in [6.45, 7) is 5.82. The molecule has 98 valence electrons. The van der Waals surface area contributed by atoms with Gasteiger partial charge < -0.3 is 15.4 Å². The summed E-state index contributed by atoms with van der Waals surface area (Å²) >= 11 is 5.30. The number of benzene rings is 1. The van der Waals surface area contributed by atoms with Crippen molar-refractivity contribution in [3.63, 3.8) is 0 Å². The lowest BCUT2D eigenvalue weighted by Crippen LogP contribution is -2.35. The highest BCUT2D eigenvalue weighted by molar-refractivity contribution is 7.80. The van der Waals surface area contributed by atoms with Crippen molar-refractivity contribution in [3.8, 4) is 0 Å². The zero-order valence-electron chi connectivity index (χ0n) is 11.0. The fraction of sp³-hybridized carbons (Fsp3) is 0.500. The third-order valence-corrected chi connectivity index (χ3v) is 3.40. The Kier molecular flexibility index (Phi) is 4.55. The van der Waals surface area contributed by atoms with Crippen molar-refractivity contribution >= 4 is 23.0 Å². The molecule has 2 N–H and O–H groups in total. The van der Waals surface area contributed by atoms with Gasteiger partial charge in [0.1, 0.15) is 0 Å². The molecule has 3 nitrogen and oxygen atoms in total. The first kappa shape index (κ1) is 13.3. The van der Waals surface area contributed by atoms with Crippen molar-refractivity contribution in [2.75, 3.05) is 18.5 Å². The minimum Gasteiger partial charge on any atom is -0.376 e. The molecule has 1 unspecified atom stereocenters. The average Bonchev–Trinajstić information content (AvgIpc) is 2.84. The van der Waals surface area contributed by atoms with Crippen LogP contribution in [0.2, 0.25) is 0 Å². The minimum atomic E-state index is 0.309. The highest BCUT2D eigenvalue weighted by atomic mass is 32.1. The van der Waals surface area contributed by atoms with Gasteiger partial charge in [-0.25, -0.2) is 0 Å². The topological polar surface area (TPSA) is 33.3 Å². The van der Waals surface area contributed by atoms with Gasteiger partial charge in [0, 0.05) is 18.8 Å². The van der Waals surface area contributed by atoms with Crippen LogP contribution in [0.4, 0.5) is 5.69 Å². The summed E-state index contributed by atoms with van der Waals surface area (Å²) in [6, 6.07) is 6.30. The van der Waals surface area contributed by atoms with Crippen LogP contribution < -0.4 is 10.6 Å². The number of nitrogens with one attached hydrogen (secondary N) is 2. The highest BCUT2D eigenvalue weighted by Gasteiger charge is 2.15. The maximum absolute atomic E-state index is 5.55. The SMILES string of the molecule is Cc1ccc(C)c(NC(=S)NCC2CCCO2)c1.